The number of aliphatic hydroxyl groups is 1. The van der Waals surface area contributed by atoms with Crippen molar-refractivity contribution in [2.24, 2.45) is 5.92 Å². The van der Waals surface area contributed by atoms with E-state index in [1.165, 1.54) is 5.56 Å². The van der Waals surface area contributed by atoms with Gasteiger partial charge in [0.1, 0.15) is 0 Å². The van der Waals surface area contributed by atoms with Crippen LogP contribution in [-0.2, 0) is 16.0 Å². The molecule has 1 rings (SSSR count). The Morgan fingerprint density at radius 2 is 1.82 bits per heavy atom. The first-order chi connectivity index (χ1) is 10.4. The first kappa shape index (κ1) is 18.7. The van der Waals surface area contributed by atoms with E-state index < -0.39 is 0 Å². The van der Waals surface area contributed by atoms with Gasteiger partial charge in [-0.25, -0.2) is 0 Å². The minimum atomic E-state index is -0.187. The normalized spacial score (nSPS) is 13.9. The summed E-state index contributed by atoms with van der Waals surface area (Å²) in [6.45, 7) is 8.91. The highest BCUT2D eigenvalue weighted by Crippen LogP contribution is 2.18. The van der Waals surface area contributed by atoms with Crippen LogP contribution in [0.4, 0.5) is 0 Å². The highest BCUT2D eigenvalue weighted by Gasteiger charge is 2.17. The van der Waals surface area contributed by atoms with Crippen molar-refractivity contribution >= 4 is 5.91 Å². The summed E-state index contributed by atoms with van der Waals surface area (Å²) in [4.78, 5) is 12.2. The molecule has 0 aliphatic rings. The van der Waals surface area contributed by atoms with E-state index >= 15 is 0 Å². The van der Waals surface area contributed by atoms with Gasteiger partial charge in [-0.1, -0.05) is 38.1 Å². The number of amides is 1. The molecule has 0 aliphatic carbocycles. The third-order valence-corrected chi connectivity index (χ3v) is 3.51. The first-order valence-corrected chi connectivity index (χ1v) is 8.01. The number of hydrogen-bond acceptors (Lipinski definition) is 3. The SMILES string of the molecule is CC(C)Cc1ccc([C@@H](C)C(=O)N[C@@H](C)COCCO)cc1. The van der Waals surface area contributed by atoms with Crippen molar-refractivity contribution < 1.29 is 14.6 Å². The Kier molecular flexibility index (Phi) is 8.13. The second kappa shape index (κ2) is 9.59. The molecule has 124 valence electrons. The summed E-state index contributed by atoms with van der Waals surface area (Å²) in [5.74, 6) is 0.441. The van der Waals surface area contributed by atoms with Crippen molar-refractivity contribution in [2.45, 2.75) is 46.1 Å². The molecule has 0 saturated heterocycles. The van der Waals surface area contributed by atoms with Crippen LogP contribution in [0.1, 0.15) is 44.7 Å². The van der Waals surface area contributed by atoms with Gasteiger partial charge in [-0.05, 0) is 37.3 Å². The Morgan fingerprint density at radius 1 is 1.18 bits per heavy atom. The molecule has 2 N–H and O–H groups in total. The summed E-state index contributed by atoms with van der Waals surface area (Å²) in [5, 5.41) is 11.6. The van der Waals surface area contributed by atoms with E-state index in [-0.39, 0.29) is 24.5 Å². The summed E-state index contributed by atoms with van der Waals surface area (Å²) in [5.41, 5.74) is 2.32. The van der Waals surface area contributed by atoms with Gasteiger partial charge in [0.05, 0.1) is 25.7 Å². The van der Waals surface area contributed by atoms with Gasteiger partial charge >= 0.3 is 0 Å². The largest absolute Gasteiger partial charge is 0.394 e. The van der Waals surface area contributed by atoms with Gasteiger partial charge < -0.3 is 15.2 Å². The molecule has 0 fully saturated rings. The molecule has 1 amide bonds. The smallest absolute Gasteiger partial charge is 0.227 e. The molecule has 0 radical (unpaired) electrons. The lowest BCUT2D eigenvalue weighted by Gasteiger charge is -2.18. The molecule has 0 bridgehead atoms. The molecule has 0 aliphatic heterocycles. The molecule has 0 saturated carbocycles. The van der Waals surface area contributed by atoms with E-state index in [4.69, 9.17) is 9.84 Å². The number of carbonyl (C=O) groups is 1. The van der Waals surface area contributed by atoms with Crippen molar-refractivity contribution in [3.05, 3.63) is 35.4 Å². The van der Waals surface area contributed by atoms with Crippen LogP contribution in [0.25, 0.3) is 0 Å². The van der Waals surface area contributed by atoms with Crippen LogP contribution in [0.5, 0.6) is 0 Å². The summed E-state index contributed by atoms with van der Waals surface area (Å²) in [6, 6.07) is 8.21. The van der Waals surface area contributed by atoms with E-state index in [2.05, 4.69) is 31.3 Å². The van der Waals surface area contributed by atoms with Crippen LogP contribution in [0.2, 0.25) is 0 Å². The molecular formula is C18H29NO3. The number of rotatable bonds is 9. The lowest BCUT2D eigenvalue weighted by molar-refractivity contribution is -0.123. The van der Waals surface area contributed by atoms with E-state index in [0.717, 1.165) is 12.0 Å². The quantitative estimate of drug-likeness (QED) is 0.689. The lowest BCUT2D eigenvalue weighted by Crippen LogP contribution is -2.38. The molecular weight excluding hydrogens is 278 g/mol. The number of benzene rings is 1. The zero-order chi connectivity index (χ0) is 16.5. The van der Waals surface area contributed by atoms with Gasteiger partial charge in [0.15, 0.2) is 0 Å². The Hall–Kier alpha value is -1.39. The fourth-order valence-electron chi connectivity index (χ4n) is 2.30. The summed E-state index contributed by atoms with van der Waals surface area (Å²) in [7, 11) is 0. The minimum Gasteiger partial charge on any atom is -0.394 e. The van der Waals surface area contributed by atoms with Crippen LogP contribution >= 0.6 is 0 Å². The molecule has 0 heterocycles. The maximum absolute atomic E-state index is 12.2. The van der Waals surface area contributed by atoms with Gasteiger partial charge in [-0.2, -0.15) is 0 Å². The predicted octanol–water partition coefficient (Wildman–Crippen LogP) is 2.50. The predicted molar refractivity (Wildman–Crippen MR) is 88.9 cm³/mol. The number of carbonyl (C=O) groups excluding carboxylic acids is 1. The highest BCUT2D eigenvalue weighted by molar-refractivity contribution is 5.83. The minimum absolute atomic E-state index is 0.000203. The standard InChI is InChI=1S/C18H29NO3/c1-13(2)11-16-5-7-17(8-6-16)15(4)18(21)19-14(3)12-22-10-9-20/h5-8,13-15,20H,9-12H2,1-4H3,(H,19,21)/t14-,15+/m0/s1. The van der Waals surface area contributed by atoms with Crippen LogP contribution < -0.4 is 5.32 Å². The monoisotopic (exact) mass is 307 g/mol. The Morgan fingerprint density at radius 3 is 2.36 bits per heavy atom. The van der Waals surface area contributed by atoms with Gasteiger partial charge in [-0.3, -0.25) is 4.79 Å². The second-order valence-electron chi connectivity index (χ2n) is 6.27. The van der Waals surface area contributed by atoms with E-state index in [9.17, 15) is 4.79 Å². The van der Waals surface area contributed by atoms with Gasteiger partial charge in [0, 0.05) is 6.04 Å². The molecule has 4 nitrogen and oxygen atoms in total. The third kappa shape index (κ3) is 6.58. The molecule has 1 aromatic carbocycles. The fraction of sp³-hybridized carbons (Fsp3) is 0.611. The van der Waals surface area contributed by atoms with Crippen molar-refractivity contribution in [1.82, 2.24) is 5.32 Å². The van der Waals surface area contributed by atoms with Crippen LogP contribution in [-0.4, -0.2) is 36.9 Å². The van der Waals surface area contributed by atoms with Gasteiger partial charge in [-0.15, -0.1) is 0 Å². The highest BCUT2D eigenvalue weighted by atomic mass is 16.5. The molecule has 0 unspecified atom stereocenters. The third-order valence-electron chi connectivity index (χ3n) is 3.51. The van der Waals surface area contributed by atoms with Crippen molar-refractivity contribution in [2.75, 3.05) is 19.8 Å². The van der Waals surface area contributed by atoms with E-state index in [1.54, 1.807) is 0 Å². The number of hydrogen-bond donors (Lipinski definition) is 2. The van der Waals surface area contributed by atoms with Crippen LogP contribution in [0.15, 0.2) is 24.3 Å². The summed E-state index contributed by atoms with van der Waals surface area (Å²) in [6.07, 6.45) is 1.06. The van der Waals surface area contributed by atoms with Gasteiger partial charge in [0.2, 0.25) is 5.91 Å². The number of nitrogens with one attached hydrogen (secondary N) is 1. The molecule has 4 heteroatoms. The van der Waals surface area contributed by atoms with Crippen molar-refractivity contribution in [1.29, 1.82) is 0 Å². The van der Waals surface area contributed by atoms with Crippen LogP contribution in [0, 0.1) is 5.92 Å². The lowest BCUT2D eigenvalue weighted by atomic mass is 9.96. The second-order valence-corrected chi connectivity index (χ2v) is 6.27. The molecule has 2 atom stereocenters. The summed E-state index contributed by atoms with van der Waals surface area (Å²) < 4.78 is 5.22. The Balaban J connectivity index is 2.51. The molecule has 1 aromatic rings. The topological polar surface area (TPSA) is 58.6 Å². The fourth-order valence-corrected chi connectivity index (χ4v) is 2.30. The first-order valence-electron chi connectivity index (χ1n) is 8.01. The van der Waals surface area contributed by atoms with Crippen LogP contribution in [0.3, 0.4) is 0 Å². The maximum Gasteiger partial charge on any atom is 0.227 e. The molecule has 0 spiro atoms. The Bertz CT molecular complexity index is 442. The van der Waals surface area contributed by atoms with E-state index in [0.29, 0.717) is 19.1 Å². The van der Waals surface area contributed by atoms with Crippen molar-refractivity contribution in [3.8, 4) is 0 Å². The molecule has 22 heavy (non-hydrogen) atoms. The molecule has 0 aromatic heterocycles. The van der Waals surface area contributed by atoms with E-state index in [1.807, 2.05) is 26.0 Å². The summed E-state index contributed by atoms with van der Waals surface area (Å²) >= 11 is 0. The maximum atomic E-state index is 12.2. The number of aliphatic hydroxyl groups excluding tert-OH is 1. The average molecular weight is 307 g/mol. The Labute approximate surface area is 133 Å². The zero-order valence-corrected chi connectivity index (χ0v) is 14.1. The number of ether oxygens (including phenoxy) is 1. The average Bonchev–Trinajstić information content (AvgIpc) is 2.47. The van der Waals surface area contributed by atoms with Crippen molar-refractivity contribution in [3.63, 3.8) is 0 Å². The zero-order valence-electron chi connectivity index (χ0n) is 14.1. The van der Waals surface area contributed by atoms with Gasteiger partial charge in [0.25, 0.3) is 0 Å².